The van der Waals surface area contributed by atoms with E-state index in [4.69, 9.17) is 36.8 Å². The molecular weight excluding hydrogens is 584 g/mol. The fourth-order valence-corrected chi connectivity index (χ4v) is 5.28. The van der Waals surface area contributed by atoms with Crippen molar-refractivity contribution >= 4 is 50.9 Å². The number of carboxylic acids is 1. The fourth-order valence-electron chi connectivity index (χ4n) is 5.28. The summed E-state index contributed by atoms with van der Waals surface area (Å²) in [4.78, 5) is 32.5. The van der Waals surface area contributed by atoms with Crippen LogP contribution in [0.2, 0.25) is 0 Å². The number of pyridine rings is 1. The van der Waals surface area contributed by atoms with Crippen molar-refractivity contribution < 1.29 is 25.6 Å². The number of nitrogen functional groups attached to an aromatic ring is 3. The molecule has 0 fully saturated rings. The number of aromatic nitrogens is 3. The second-order valence-electron chi connectivity index (χ2n) is 10.9. The van der Waals surface area contributed by atoms with E-state index in [-0.39, 0.29) is 12.8 Å². The largest absolute Gasteiger partial charge is 0.495 e. The molecule has 0 saturated carbocycles. The highest BCUT2D eigenvalue weighted by Crippen LogP contribution is 2.30. The molecule has 0 aliphatic heterocycles. The van der Waals surface area contributed by atoms with Crippen LogP contribution >= 0.6 is 0 Å². The van der Waals surface area contributed by atoms with Crippen LogP contribution in [0.25, 0.3) is 21.9 Å². The standard InChI is InChI=1S/C27H33N5O2.C8H9NO3.H2/c1-3-4-13-24-31-25-26(19-10-7-8-11-21(19)30-27(25)29)32(24)16-9-5-6-12-22(33)18-14-15-20(28)23(17-18)34-2;1-12-7-4-5(8(10)11)2-3-6(7)9;/h7-8,10-11,14-15,17H,3-6,9,12-13,16,28H2,1-2H3,(H2,29,30);2-4H,9H2,1H3,(H,10,11);1H/i;;1+1. The summed E-state index contributed by atoms with van der Waals surface area (Å²) < 4.78 is 12.4. The molecule has 0 atom stereocenters. The fraction of sp³-hybridized carbons (Fsp3) is 0.314. The number of ether oxygens (including phenoxy) is 2. The van der Waals surface area contributed by atoms with E-state index in [1.165, 1.54) is 25.3 Å². The zero-order valence-electron chi connectivity index (χ0n) is 26.6. The number of carbonyl (C=O) groups excluding carboxylic acids is 1. The van der Waals surface area contributed by atoms with E-state index in [1.54, 1.807) is 25.3 Å². The molecule has 11 nitrogen and oxygen atoms in total. The van der Waals surface area contributed by atoms with Crippen molar-refractivity contribution in [1.82, 2.24) is 14.5 Å². The second-order valence-corrected chi connectivity index (χ2v) is 10.9. The number of Topliss-reactive ketones (excluding diaryl/α,β-unsaturated/α-hetero) is 1. The van der Waals surface area contributed by atoms with Crippen molar-refractivity contribution in [2.24, 2.45) is 0 Å². The highest BCUT2D eigenvalue weighted by molar-refractivity contribution is 6.06. The van der Waals surface area contributed by atoms with Gasteiger partial charge in [0.2, 0.25) is 0 Å². The molecule has 0 spiro atoms. The highest BCUT2D eigenvalue weighted by atomic mass is 16.5. The Hall–Kier alpha value is -5.32. The molecule has 244 valence electrons. The molecule has 0 unspecified atom stereocenters. The minimum Gasteiger partial charge on any atom is -0.495 e. The third kappa shape index (κ3) is 7.84. The van der Waals surface area contributed by atoms with Crippen molar-refractivity contribution in [2.45, 2.75) is 58.4 Å². The lowest BCUT2D eigenvalue weighted by atomic mass is 10.0. The van der Waals surface area contributed by atoms with E-state index < -0.39 is 5.97 Å². The number of imidazole rings is 1. The molecule has 7 N–H and O–H groups in total. The van der Waals surface area contributed by atoms with Crippen LogP contribution in [0, 0.1) is 0 Å². The van der Waals surface area contributed by atoms with Gasteiger partial charge in [0.25, 0.3) is 0 Å². The van der Waals surface area contributed by atoms with E-state index in [0.29, 0.717) is 40.7 Å². The Balaban J connectivity index is 0.000000391. The van der Waals surface area contributed by atoms with Gasteiger partial charge in [-0.25, -0.2) is 14.8 Å². The number of methoxy groups -OCH3 is 2. The summed E-state index contributed by atoms with van der Waals surface area (Å²) in [6, 6.07) is 17.6. The van der Waals surface area contributed by atoms with Crippen LogP contribution in [-0.4, -0.2) is 45.6 Å². The molecule has 2 heterocycles. The molecule has 11 heteroatoms. The molecule has 3 aromatic carbocycles. The number of fused-ring (bicyclic) bond motifs is 3. The third-order valence-electron chi connectivity index (χ3n) is 7.76. The van der Waals surface area contributed by atoms with Crippen LogP contribution in [0.3, 0.4) is 0 Å². The number of carbonyl (C=O) groups is 2. The summed E-state index contributed by atoms with van der Waals surface area (Å²) in [5.74, 6) is 1.59. The van der Waals surface area contributed by atoms with Crippen LogP contribution in [-0.2, 0) is 13.0 Å². The first-order valence-corrected chi connectivity index (χ1v) is 15.3. The van der Waals surface area contributed by atoms with Gasteiger partial charge < -0.3 is 36.3 Å². The lowest BCUT2D eigenvalue weighted by Crippen LogP contribution is -2.06. The van der Waals surface area contributed by atoms with Gasteiger partial charge in [0, 0.05) is 31.8 Å². The summed E-state index contributed by atoms with van der Waals surface area (Å²) >= 11 is 0. The molecule has 46 heavy (non-hydrogen) atoms. The number of hydrogen-bond donors (Lipinski definition) is 4. The quantitative estimate of drug-likeness (QED) is 0.0616. The van der Waals surface area contributed by atoms with Crippen molar-refractivity contribution in [3.8, 4) is 11.5 Å². The third-order valence-corrected chi connectivity index (χ3v) is 7.76. The van der Waals surface area contributed by atoms with Crippen LogP contribution in [0.5, 0.6) is 11.5 Å². The Morgan fingerprint density at radius 1 is 0.848 bits per heavy atom. The van der Waals surface area contributed by atoms with Crippen LogP contribution < -0.4 is 26.7 Å². The monoisotopic (exact) mass is 629 g/mol. The Bertz CT molecular complexity index is 1840. The first kappa shape index (κ1) is 33.6. The first-order chi connectivity index (χ1) is 22.2. The van der Waals surface area contributed by atoms with Gasteiger partial charge in [-0.05, 0) is 61.7 Å². The first-order valence-electron chi connectivity index (χ1n) is 15.3. The van der Waals surface area contributed by atoms with Gasteiger partial charge in [0.1, 0.15) is 22.8 Å². The zero-order valence-corrected chi connectivity index (χ0v) is 26.6. The van der Waals surface area contributed by atoms with E-state index in [0.717, 1.165) is 72.8 Å². The number of nitrogens with zero attached hydrogens (tertiary/aromatic N) is 3. The predicted molar refractivity (Wildman–Crippen MR) is 185 cm³/mol. The summed E-state index contributed by atoms with van der Waals surface area (Å²) in [5.41, 5.74) is 22.2. The van der Waals surface area contributed by atoms with E-state index >= 15 is 0 Å². The molecule has 5 rings (SSSR count). The number of benzene rings is 3. The van der Waals surface area contributed by atoms with Crippen molar-refractivity contribution in [2.75, 3.05) is 31.4 Å². The van der Waals surface area contributed by atoms with Crippen LogP contribution in [0.15, 0.2) is 60.7 Å². The highest BCUT2D eigenvalue weighted by Gasteiger charge is 2.17. The Kier molecular flexibility index (Phi) is 11.4. The molecule has 0 saturated heterocycles. The maximum atomic E-state index is 12.6. The van der Waals surface area contributed by atoms with Crippen LogP contribution in [0.1, 0.15) is 73.4 Å². The number of nitrogens with two attached hydrogens (primary N) is 3. The number of ketones is 1. The predicted octanol–water partition coefficient (Wildman–Crippen LogP) is 6.77. The van der Waals surface area contributed by atoms with Crippen molar-refractivity contribution in [1.29, 1.82) is 0 Å². The number of unbranched alkanes of at least 4 members (excludes halogenated alkanes) is 3. The normalized spacial score (nSPS) is 10.8. The van der Waals surface area contributed by atoms with Crippen molar-refractivity contribution in [3.05, 3.63) is 77.6 Å². The average molecular weight is 630 g/mol. The summed E-state index contributed by atoms with van der Waals surface area (Å²) in [6.45, 7) is 3.03. The zero-order chi connectivity index (χ0) is 33.2. The minimum absolute atomic E-state index is 0. The SMILES string of the molecule is CCCCc1nc2c(N)nc3ccccc3c2n1CCCCCC(=O)c1ccc(N)c(OC)c1.COc1cc(C(=O)O)ccc1N.[2HH]. The molecule has 2 aromatic heterocycles. The molecule has 0 aliphatic rings. The van der Waals surface area contributed by atoms with Gasteiger partial charge in [-0.3, -0.25) is 4.79 Å². The Morgan fingerprint density at radius 3 is 2.15 bits per heavy atom. The number of carboxylic acid groups (broad SMARTS) is 1. The smallest absolute Gasteiger partial charge is 0.335 e. The number of para-hydroxylation sites is 1. The van der Waals surface area contributed by atoms with Crippen molar-refractivity contribution in [3.63, 3.8) is 0 Å². The van der Waals surface area contributed by atoms with Gasteiger partial charge in [-0.15, -0.1) is 0 Å². The van der Waals surface area contributed by atoms with Gasteiger partial charge in [0.05, 0.1) is 42.2 Å². The Morgan fingerprint density at radius 2 is 1.50 bits per heavy atom. The number of hydrogen-bond acceptors (Lipinski definition) is 9. The van der Waals surface area contributed by atoms with E-state index in [1.807, 2.05) is 18.2 Å². The maximum absolute atomic E-state index is 12.6. The van der Waals surface area contributed by atoms with Gasteiger partial charge >= 0.3 is 5.97 Å². The molecule has 0 bridgehead atoms. The number of rotatable bonds is 13. The maximum Gasteiger partial charge on any atom is 0.335 e. The van der Waals surface area contributed by atoms with E-state index in [9.17, 15) is 9.59 Å². The van der Waals surface area contributed by atoms with Crippen LogP contribution in [0.4, 0.5) is 17.2 Å². The minimum atomic E-state index is -0.992. The lowest BCUT2D eigenvalue weighted by molar-refractivity contribution is 0.0696. The van der Waals surface area contributed by atoms with Gasteiger partial charge in [0.15, 0.2) is 11.6 Å². The number of aromatic carboxylic acids is 1. The molecule has 0 aliphatic carbocycles. The topological polar surface area (TPSA) is 182 Å². The van der Waals surface area contributed by atoms with E-state index in [2.05, 4.69) is 22.5 Å². The average Bonchev–Trinajstić information content (AvgIpc) is 3.43. The van der Waals surface area contributed by atoms with Gasteiger partial charge in [-0.2, -0.15) is 0 Å². The molecule has 0 radical (unpaired) electrons. The summed E-state index contributed by atoms with van der Waals surface area (Å²) in [6.07, 6.45) is 6.33. The summed E-state index contributed by atoms with van der Waals surface area (Å²) in [5, 5.41) is 9.68. The molecule has 5 aromatic rings. The number of aryl methyl sites for hydroxylation is 2. The molecular formula is C35H44N6O5. The molecule has 0 amide bonds. The number of anilines is 3. The lowest BCUT2D eigenvalue weighted by Gasteiger charge is -2.11. The second kappa shape index (κ2) is 15.6. The van der Waals surface area contributed by atoms with Gasteiger partial charge in [-0.1, -0.05) is 38.0 Å². The Labute approximate surface area is 269 Å². The summed E-state index contributed by atoms with van der Waals surface area (Å²) in [7, 11) is 3.00.